The maximum Gasteiger partial charge on any atom is 0.338 e. The molecule has 0 saturated carbocycles. The number of carbonyl (C=O) groups excluding carboxylic acids is 3. The molecule has 1 heterocycles. The Morgan fingerprint density at radius 2 is 1.79 bits per heavy atom. The fourth-order valence-corrected chi connectivity index (χ4v) is 2.56. The Morgan fingerprint density at radius 1 is 1.03 bits per heavy atom. The van der Waals surface area contributed by atoms with Crippen LogP contribution in [-0.2, 0) is 25.5 Å². The maximum absolute atomic E-state index is 12.0. The van der Waals surface area contributed by atoms with Crippen LogP contribution in [0, 0.1) is 0 Å². The highest BCUT2D eigenvalue weighted by Crippen LogP contribution is 2.18. The van der Waals surface area contributed by atoms with Crippen LogP contribution in [-0.4, -0.2) is 36.2 Å². The minimum Gasteiger partial charge on any atom is -0.462 e. The van der Waals surface area contributed by atoms with Gasteiger partial charge in [0.05, 0.1) is 18.6 Å². The van der Waals surface area contributed by atoms with Gasteiger partial charge in [0.25, 0.3) is 5.91 Å². The molecule has 3 aromatic rings. The van der Waals surface area contributed by atoms with E-state index in [0.29, 0.717) is 29.1 Å². The Bertz CT molecular complexity index is 1010. The van der Waals surface area contributed by atoms with E-state index in [1.807, 2.05) is 13.0 Å². The molecule has 0 unspecified atom stereocenters. The van der Waals surface area contributed by atoms with Crippen LogP contribution in [0.3, 0.4) is 0 Å². The van der Waals surface area contributed by atoms with Gasteiger partial charge >= 0.3 is 11.9 Å². The first-order valence-electron chi connectivity index (χ1n) is 9.12. The van der Waals surface area contributed by atoms with E-state index in [1.54, 1.807) is 42.5 Å². The largest absolute Gasteiger partial charge is 0.462 e. The Balaban J connectivity index is 1.47. The molecule has 0 bridgehead atoms. The lowest BCUT2D eigenvalue weighted by Gasteiger charge is -2.07. The van der Waals surface area contributed by atoms with E-state index in [1.165, 1.54) is 0 Å². The lowest BCUT2D eigenvalue weighted by Crippen LogP contribution is -2.21. The molecule has 0 atom stereocenters. The highest BCUT2D eigenvalue weighted by atomic mass is 16.5. The molecule has 0 spiro atoms. The van der Waals surface area contributed by atoms with Gasteiger partial charge in [0.15, 0.2) is 12.2 Å². The summed E-state index contributed by atoms with van der Waals surface area (Å²) in [6.45, 7) is 1.83. The van der Waals surface area contributed by atoms with Gasteiger partial charge < -0.3 is 19.3 Å². The van der Waals surface area contributed by atoms with E-state index in [4.69, 9.17) is 14.0 Å². The van der Waals surface area contributed by atoms with Crippen LogP contribution in [0.25, 0.3) is 11.0 Å². The minimum absolute atomic E-state index is 0.0984. The summed E-state index contributed by atoms with van der Waals surface area (Å²) in [5, 5.41) is 7.18. The first-order chi connectivity index (χ1) is 14.1. The number of fused-ring (bicyclic) bond motifs is 1. The van der Waals surface area contributed by atoms with Gasteiger partial charge in [-0.2, -0.15) is 0 Å². The van der Waals surface area contributed by atoms with Crippen molar-refractivity contribution in [1.29, 1.82) is 0 Å². The van der Waals surface area contributed by atoms with Crippen LogP contribution in [0.1, 0.15) is 29.4 Å². The van der Waals surface area contributed by atoms with E-state index in [0.717, 1.165) is 11.8 Å². The molecule has 2 aromatic carbocycles. The molecular formula is C21H20N2O6. The van der Waals surface area contributed by atoms with E-state index in [-0.39, 0.29) is 6.42 Å². The average molecular weight is 396 g/mol. The van der Waals surface area contributed by atoms with E-state index >= 15 is 0 Å². The number of ether oxygens (including phenoxy) is 2. The van der Waals surface area contributed by atoms with Gasteiger partial charge in [-0.15, -0.1) is 0 Å². The van der Waals surface area contributed by atoms with E-state index in [9.17, 15) is 14.4 Å². The first-order valence-corrected chi connectivity index (χ1v) is 9.12. The summed E-state index contributed by atoms with van der Waals surface area (Å²) in [6, 6.07) is 13.4. The number of hydrogen-bond donors (Lipinski definition) is 1. The Morgan fingerprint density at radius 3 is 2.55 bits per heavy atom. The van der Waals surface area contributed by atoms with Crippen molar-refractivity contribution in [2.45, 2.75) is 19.8 Å². The molecule has 0 aliphatic heterocycles. The van der Waals surface area contributed by atoms with Crippen molar-refractivity contribution in [2.24, 2.45) is 0 Å². The molecule has 8 nitrogen and oxygen atoms in total. The smallest absolute Gasteiger partial charge is 0.338 e. The number of amides is 1. The summed E-state index contributed by atoms with van der Waals surface area (Å²) in [6.07, 6.45) is 0.643. The predicted molar refractivity (Wildman–Crippen MR) is 104 cm³/mol. The molecule has 0 fully saturated rings. The van der Waals surface area contributed by atoms with Gasteiger partial charge in [-0.1, -0.05) is 24.2 Å². The zero-order chi connectivity index (χ0) is 20.6. The summed E-state index contributed by atoms with van der Waals surface area (Å²) in [7, 11) is 0. The lowest BCUT2D eigenvalue weighted by atomic mass is 10.2. The first kappa shape index (κ1) is 20.1. The number of hydrogen-bond acceptors (Lipinski definition) is 7. The van der Waals surface area contributed by atoms with Crippen molar-refractivity contribution in [3.63, 3.8) is 0 Å². The summed E-state index contributed by atoms with van der Waals surface area (Å²) in [5.74, 6) is -1.50. The number of nitrogens with one attached hydrogen (secondary N) is 1. The summed E-state index contributed by atoms with van der Waals surface area (Å²) >= 11 is 0. The molecular weight excluding hydrogens is 376 g/mol. The van der Waals surface area contributed by atoms with Gasteiger partial charge in [-0.3, -0.25) is 9.59 Å². The molecule has 1 aromatic heterocycles. The molecule has 1 N–H and O–H groups in total. The van der Waals surface area contributed by atoms with Crippen molar-refractivity contribution in [3.05, 3.63) is 59.8 Å². The van der Waals surface area contributed by atoms with Crippen molar-refractivity contribution in [3.8, 4) is 0 Å². The summed E-state index contributed by atoms with van der Waals surface area (Å²) in [5.41, 5.74) is 1.90. The van der Waals surface area contributed by atoms with Crippen LogP contribution in [0.5, 0.6) is 0 Å². The van der Waals surface area contributed by atoms with Crippen molar-refractivity contribution >= 4 is 34.5 Å². The fourth-order valence-electron chi connectivity index (χ4n) is 2.56. The van der Waals surface area contributed by atoms with Gasteiger partial charge in [0.1, 0.15) is 5.69 Å². The lowest BCUT2D eigenvalue weighted by molar-refractivity contribution is -0.146. The number of anilines is 1. The molecule has 150 valence electrons. The number of nitrogens with zero attached hydrogens (tertiary/aromatic N) is 1. The van der Waals surface area contributed by atoms with Crippen LogP contribution in [0.2, 0.25) is 0 Å². The summed E-state index contributed by atoms with van der Waals surface area (Å²) in [4.78, 5) is 35.7. The number of rotatable bonds is 8. The third-order valence-corrected chi connectivity index (χ3v) is 3.97. The minimum atomic E-state index is -0.590. The molecule has 29 heavy (non-hydrogen) atoms. The fraction of sp³-hybridized carbons (Fsp3) is 0.238. The SMILES string of the molecule is CCCOC(=O)c1ccc(NC(=O)COC(=O)Cc2noc3ccccc23)cc1. The summed E-state index contributed by atoms with van der Waals surface area (Å²) < 4.78 is 15.2. The van der Waals surface area contributed by atoms with Crippen LogP contribution in [0.15, 0.2) is 53.1 Å². The number of para-hydroxylation sites is 1. The molecule has 8 heteroatoms. The molecule has 1 amide bonds. The van der Waals surface area contributed by atoms with Gasteiger partial charge in [0, 0.05) is 11.1 Å². The van der Waals surface area contributed by atoms with E-state index < -0.39 is 24.5 Å². The Kier molecular flexibility index (Phi) is 6.57. The average Bonchev–Trinajstić information content (AvgIpc) is 3.14. The highest BCUT2D eigenvalue weighted by molar-refractivity contribution is 5.94. The van der Waals surface area contributed by atoms with Gasteiger partial charge in [0.2, 0.25) is 0 Å². The standard InChI is InChI=1S/C21H20N2O6/c1-2-11-27-21(26)14-7-9-15(10-8-14)22-19(24)13-28-20(25)12-17-16-5-3-4-6-18(16)29-23-17/h3-10H,2,11-13H2,1H3,(H,22,24). The van der Waals surface area contributed by atoms with Crippen molar-refractivity contribution in [2.75, 3.05) is 18.5 Å². The third-order valence-electron chi connectivity index (χ3n) is 3.97. The zero-order valence-electron chi connectivity index (χ0n) is 15.8. The maximum atomic E-state index is 12.0. The monoisotopic (exact) mass is 396 g/mol. The Labute approximate surface area is 166 Å². The number of benzene rings is 2. The van der Waals surface area contributed by atoms with Crippen molar-refractivity contribution in [1.82, 2.24) is 5.16 Å². The molecule has 0 radical (unpaired) electrons. The normalized spacial score (nSPS) is 10.5. The molecule has 0 aliphatic rings. The van der Waals surface area contributed by atoms with Gasteiger partial charge in [-0.25, -0.2) is 4.79 Å². The van der Waals surface area contributed by atoms with Crippen LogP contribution < -0.4 is 5.32 Å². The second-order valence-electron chi connectivity index (χ2n) is 6.22. The quantitative estimate of drug-likeness (QED) is 0.583. The predicted octanol–water partition coefficient (Wildman–Crippen LogP) is 3.12. The second-order valence-corrected chi connectivity index (χ2v) is 6.22. The topological polar surface area (TPSA) is 108 Å². The van der Waals surface area contributed by atoms with Crippen LogP contribution in [0.4, 0.5) is 5.69 Å². The molecule has 3 rings (SSSR count). The molecule has 0 saturated heterocycles. The number of carbonyl (C=O) groups is 3. The third kappa shape index (κ3) is 5.41. The molecule has 0 aliphatic carbocycles. The number of esters is 2. The van der Waals surface area contributed by atoms with Gasteiger partial charge in [-0.05, 0) is 42.8 Å². The Hall–Kier alpha value is -3.68. The van der Waals surface area contributed by atoms with Crippen molar-refractivity contribution < 1.29 is 28.4 Å². The van der Waals surface area contributed by atoms with E-state index in [2.05, 4.69) is 10.5 Å². The highest BCUT2D eigenvalue weighted by Gasteiger charge is 2.14. The second kappa shape index (κ2) is 9.50. The zero-order valence-corrected chi connectivity index (χ0v) is 15.8. The van der Waals surface area contributed by atoms with Crippen LogP contribution >= 0.6 is 0 Å². The number of aromatic nitrogens is 1.